The van der Waals surface area contributed by atoms with Gasteiger partial charge in [-0.3, -0.25) is 28.5 Å². The molecule has 0 unspecified atom stereocenters. The van der Waals surface area contributed by atoms with E-state index in [1.165, 1.54) is 74.9 Å². The number of allylic oxidation sites excluding steroid dienone is 4. The normalized spacial score (nSPS) is 12.5. The zero-order valence-corrected chi connectivity index (χ0v) is 35.4. The largest absolute Gasteiger partial charge is 0.425 e. The Kier molecular flexibility index (Phi) is 27.1. The van der Waals surface area contributed by atoms with Crippen LogP contribution in [-0.2, 0) is 48.4 Å². The maximum Gasteiger partial charge on any atom is 0.345 e. The zero-order valence-electron chi connectivity index (χ0n) is 33.8. The number of Topliss-reactive ketones (excluding diaryl/α,β-unsaturated/α-hetero) is 1. The predicted molar refractivity (Wildman–Crippen MR) is 218 cm³/mol. The summed E-state index contributed by atoms with van der Waals surface area (Å²) in [6, 6.07) is 5.44. The first-order chi connectivity index (χ1) is 27.2. The van der Waals surface area contributed by atoms with Gasteiger partial charge in [0.05, 0.1) is 0 Å². The third-order valence-electron chi connectivity index (χ3n) is 8.81. The van der Waals surface area contributed by atoms with E-state index in [9.17, 15) is 40.8 Å². The highest BCUT2D eigenvalue weighted by Crippen LogP contribution is 2.23. The molecule has 2 rings (SSSR count). The van der Waals surface area contributed by atoms with E-state index < -0.39 is 47.8 Å². The highest BCUT2D eigenvalue weighted by atomic mass is 32.2. The minimum Gasteiger partial charge on any atom is -0.425 e. The van der Waals surface area contributed by atoms with Gasteiger partial charge >= 0.3 is 22.1 Å². The van der Waals surface area contributed by atoms with Gasteiger partial charge < -0.3 is 19.6 Å². The van der Waals surface area contributed by atoms with E-state index in [2.05, 4.69) is 28.7 Å². The molecule has 0 aliphatic heterocycles. The van der Waals surface area contributed by atoms with Crippen LogP contribution in [0, 0.1) is 0 Å². The average molecular weight is 841 g/mol. The molecule has 0 saturated heterocycles. The van der Waals surface area contributed by atoms with Crippen molar-refractivity contribution in [1.29, 1.82) is 0 Å². The van der Waals surface area contributed by atoms with Crippen LogP contribution in [0.5, 0.6) is 5.75 Å². The van der Waals surface area contributed by atoms with Crippen molar-refractivity contribution >= 4 is 49.8 Å². The molecule has 0 aromatic heterocycles. The topological polar surface area (TPSA) is 216 Å². The van der Waals surface area contributed by atoms with Crippen LogP contribution in [0.1, 0.15) is 155 Å². The SMILES string of the molecule is CCCCCCCC(=O)NCCCCCC(=O)OS(=O)(=O)C1=CC=CCC1=O.CCCCCCCCC(=O)NCCCCCC(=O)Oc1ccccc1S(=O)(=O)O. The van der Waals surface area contributed by atoms with Crippen LogP contribution >= 0.6 is 0 Å². The number of carbonyl (C=O) groups is 5. The van der Waals surface area contributed by atoms with Gasteiger partial charge in [-0.2, -0.15) is 16.8 Å². The molecule has 2 amide bonds. The van der Waals surface area contributed by atoms with E-state index >= 15 is 0 Å². The summed E-state index contributed by atoms with van der Waals surface area (Å²) in [7, 11) is -8.80. The van der Waals surface area contributed by atoms with Gasteiger partial charge in [-0.15, -0.1) is 0 Å². The van der Waals surface area contributed by atoms with Crippen LogP contribution in [0.15, 0.2) is 52.3 Å². The highest BCUT2D eigenvalue weighted by Gasteiger charge is 2.29. The van der Waals surface area contributed by atoms with Gasteiger partial charge in [0.25, 0.3) is 10.1 Å². The lowest BCUT2D eigenvalue weighted by atomic mass is 10.1. The van der Waals surface area contributed by atoms with Crippen molar-refractivity contribution in [3.8, 4) is 5.75 Å². The van der Waals surface area contributed by atoms with E-state index in [4.69, 9.17) is 9.29 Å². The fraction of sp³-hybridized carbons (Fsp3) is 0.634. The minimum absolute atomic E-state index is 0.0208. The summed E-state index contributed by atoms with van der Waals surface area (Å²) in [4.78, 5) is 57.7. The Balaban J connectivity index is 0.000000570. The Bertz CT molecular complexity index is 1670. The molecule has 1 aliphatic rings. The summed E-state index contributed by atoms with van der Waals surface area (Å²) in [6.45, 7) is 5.45. The minimum atomic E-state index is -4.45. The van der Waals surface area contributed by atoms with Crippen molar-refractivity contribution in [1.82, 2.24) is 10.6 Å². The maximum absolute atomic E-state index is 11.9. The molecule has 16 heteroatoms. The second-order valence-corrected chi connectivity index (χ2v) is 16.8. The fourth-order valence-electron chi connectivity index (χ4n) is 5.61. The van der Waals surface area contributed by atoms with Gasteiger partial charge in [0.2, 0.25) is 11.8 Å². The number of ketones is 1. The first kappa shape index (κ1) is 51.1. The Morgan fingerprint density at radius 3 is 1.65 bits per heavy atom. The van der Waals surface area contributed by atoms with Crippen molar-refractivity contribution in [2.45, 2.75) is 160 Å². The highest BCUT2D eigenvalue weighted by molar-refractivity contribution is 7.92. The molecule has 0 saturated carbocycles. The Morgan fingerprint density at radius 1 is 0.649 bits per heavy atom. The second kappa shape index (κ2) is 30.2. The number of esters is 1. The second-order valence-electron chi connectivity index (χ2n) is 13.9. The van der Waals surface area contributed by atoms with Crippen LogP contribution in [-0.4, -0.2) is 64.0 Å². The molecule has 1 aromatic rings. The van der Waals surface area contributed by atoms with Crippen molar-refractivity contribution < 1.29 is 54.3 Å². The average Bonchev–Trinajstić information content (AvgIpc) is 3.15. The quantitative estimate of drug-likeness (QED) is 0.0234. The van der Waals surface area contributed by atoms with E-state index in [1.54, 1.807) is 0 Å². The molecule has 1 aromatic carbocycles. The number of amides is 2. The Hall–Kier alpha value is -3.89. The molecule has 3 N–H and O–H groups in total. The van der Waals surface area contributed by atoms with E-state index in [0.29, 0.717) is 51.6 Å². The van der Waals surface area contributed by atoms with Crippen LogP contribution in [0.25, 0.3) is 0 Å². The molecule has 0 bridgehead atoms. The molecule has 0 spiro atoms. The number of rotatable bonds is 29. The monoisotopic (exact) mass is 840 g/mol. The number of benzene rings is 1. The first-order valence-electron chi connectivity index (χ1n) is 20.4. The van der Waals surface area contributed by atoms with Gasteiger partial charge in [-0.25, -0.2) is 0 Å². The van der Waals surface area contributed by atoms with Crippen LogP contribution < -0.4 is 15.4 Å². The number of hydrogen-bond acceptors (Lipinski definition) is 11. The lowest BCUT2D eigenvalue weighted by molar-refractivity contribution is -0.135. The van der Waals surface area contributed by atoms with E-state index in [-0.39, 0.29) is 36.8 Å². The number of ether oxygens (including phenoxy) is 1. The summed E-state index contributed by atoms with van der Waals surface area (Å²) in [5.41, 5.74) is 0. The van der Waals surface area contributed by atoms with Crippen LogP contribution in [0.2, 0.25) is 0 Å². The first-order valence-corrected chi connectivity index (χ1v) is 23.2. The van der Waals surface area contributed by atoms with Crippen molar-refractivity contribution in [2.75, 3.05) is 13.1 Å². The van der Waals surface area contributed by atoms with Gasteiger partial charge in [-0.1, -0.05) is 109 Å². The van der Waals surface area contributed by atoms with Gasteiger partial charge in [-0.05, 0) is 56.7 Å². The molecule has 0 radical (unpaired) electrons. The molecule has 1 aliphatic carbocycles. The van der Waals surface area contributed by atoms with Gasteiger partial charge in [0, 0.05) is 45.2 Å². The summed E-state index contributed by atoms with van der Waals surface area (Å²) < 4.78 is 65.2. The molecule has 0 atom stereocenters. The molecular formula is C41H64N2O12S2. The summed E-state index contributed by atoms with van der Waals surface area (Å²) >= 11 is 0. The number of para-hydroxylation sites is 1. The molecule has 14 nitrogen and oxygen atoms in total. The maximum atomic E-state index is 11.9. The number of unbranched alkanes of at least 4 members (excludes halogenated alkanes) is 13. The lowest BCUT2D eigenvalue weighted by Gasteiger charge is -2.09. The third kappa shape index (κ3) is 25.2. The predicted octanol–water partition coefficient (Wildman–Crippen LogP) is 7.58. The zero-order chi connectivity index (χ0) is 42.4. The van der Waals surface area contributed by atoms with Crippen molar-refractivity contribution in [2.24, 2.45) is 0 Å². The third-order valence-corrected chi connectivity index (χ3v) is 11.0. The van der Waals surface area contributed by atoms with Crippen molar-refractivity contribution in [3.63, 3.8) is 0 Å². The molecule has 0 fully saturated rings. The molecular weight excluding hydrogens is 777 g/mol. The number of nitrogens with one attached hydrogen (secondary N) is 2. The smallest absolute Gasteiger partial charge is 0.345 e. The van der Waals surface area contributed by atoms with Gasteiger partial charge in [0.1, 0.15) is 9.80 Å². The Morgan fingerprint density at radius 2 is 1.12 bits per heavy atom. The summed E-state index contributed by atoms with van der Waals surface area (Å²) in [5, 5.41) is 5.73. The van der Waals surface area contributed by atoms with Crippen LogP contribution in [0.3, 0.4) is 0 Å². The van der Waals surface area contributed by atoms with E-state index in [0.717, 1.165) is 51.0 Å². The van der Waals surface area contributed by atoms with Gasteiger partial charge in [0.15, 0.2) is 11.5 Å². The molecule has 322 valence electrons. The van der Waals surface area contributed by atoms with E-state index in [1.807, 2.05) is 0 Å². The summed E-state index contributed by atoms with van der Waals surface area (Å²) in [5.74, 6) is -2.09. The molecule has 0 heterocycles. The Labute approximate surface area is 339 Å². The lowest BCUT2D eigenvalue weighted by Crippen LogP contribution is -2.24. The fourth-order valence-corrected chi connectivity index (χ4v) is 7.25. The number of hydrogen-bond donors (Lipinski definition) is 3. The number of carbonyl (C=O) groups excluding carboxylic acids is 5. The molecule has 57 heavy (non-hydrogen) atoms. The van der Waals surface area contributed by atoms with Crippen LogP contribution in [0.4, 0.5) is 0 Å². The summed E-state index contributed by atoms with van der Waals surface area (Å²) in [6.07, 6.45) is 21.6. The van der Waals surface area contributed by atoms with Crippen molar-refractivity contribution in [3.05, 3.63) is 47.4 Å². The standard InChI is InChI=1S/C21H33NO6S.C20H31NO6S/c1-2-3-4-5-6-8-15-20(23)22-17-12-7-9-16-21(24)28-18-13-10-11-14-19(18)29(25,26)27;1-2-3-4-5-7-14-19(23)21-16-11-6-8-15-20(24)27-28(25,26)18-13-10-9-12-17(18)22/h10-11,13-14H,2-9,12,15-17H2,1H3,(H,22,23)(H,25,26,27);9-10,13H,2-8,11-12,14-16H2,1H3,(H,21,23).